The maximum Gasteiger partial charge on any atom is 0.341 e. The van der Waals surface area contributed by atoms with Crippen LogP contribution in [0.1, 0.15) is 62.4 Å². The van der Waals surface area contributed by atoms with Crippen molar-refractivity contribution < 1.29 is 19.1 Å². The minimum absolute atomic E-state index is 0.0338. The van der Waals surface area contributed by atoms with E-state index < -0.39 is 11.4 Å². The van der Waals surface area contributed by atoms with Gasteiger partial charge in [-0.1, -0.05) is 43.2 Å². The van der Waals surface area contributed by atoms with E-state index >= 15 is 0 Å². The van der Waals surface area contributed by atoms with Crippen LogP contribution in [-0.2, 0) is 14.9 Å². The Bertz CT molecular complexity index is 854. The lowest BCUT2D eigenvalue weighted by Crippen LogP contribution is -2.38. The van der Waals surface area contributed by atoms with Crippen LogP contribution < -0.4 is 10.1 Å². The molecule has 0 aliphatic heterocycles. The van der Waals surface area contributed by atoms with E-state index in [0.29, 0.717) is 17.0 Å². The van der Waals surface area contributed by atoms with Crippen LogP contribution in [-0.4, -0.2) is 24.6 Å². The Morgan fingerprint density at radius 1 is 1.07 bits per heavy atom. The number of esters is 1. The van der Waals surface area contributed by atoms with Crippen molar-refractivity contribution in [3.8, 4) is 5.75 Å². The van der Waals surface area contributed by atoms with Crippen molar-refractivity contribution in [3.63, 3.8) is 0 Å². The average Bonchev–Trinajstić information content (AvgIpc) is 3.21. The fourth-order valence-electron chi connectivity index (χ4n) is 3.97. The van der Waals surface area contributed by atoms with Gasteiger partial charge in [0.15, 0.2) is 0 Å². The molecule has 1 fully saturated rings. The highest BCUT2D eigenvalue weighted by molar-refractivity contribution is 6.01. The smallest absolute Gasteiger partial charge is 0.341 e. The zero-order chi connectivity index (χ0) is 20.9. The van der Waals surface area contributed by atoms with Gasteiger partial charge in [0, 0.05) is 5.69 Å². The third-order valence-electron chi connectivity index (χ3n) is 5.31. The van der Waals surface area contributed by atoms with Gasteiger partial charge in [-0.25, -0.2) is 4.79 Å². The molecular weight excluding hydrogens is 366 g/mol. The summed E-state index contributed by atoms with van der Waals surface area (Å²) in [6.45, 7) is 5.83. The SMILES string of the molecule is CCOC(=O)c1cc(NC(=O)C2(c3ccccc3)CCCC2)ccc1OC(C)C. The second-order valence-electron chi connectivity index (χ2n) is 7.71. The van der Waals surface area contributed by atoms with E-state index in [1.165, 1.54) is 0 Å². The second kappa shape index (κ2) is 9.12. The fourth-order valence-corrected chi connectivity index (χ4v) is 3.97. The third kappa shape index (κ3) is 4.61. The molecule has 1 aliphatic rings. The molecule has 1 amide bonds. The van der Waals surface area contributed by atoms with Gasteiger partial charge in [-0.2, -0.15) is 0 Å². The summed E-state index contributed by atoms with van der Waals surface area (Å²) >= 11 is 0. The van der Waals surface area contributed by atoms with Crippen LogP contribution in [0.4, 0.5) is 5.69 Å². The predicted octanol–water partition coefficient (Wildman–Crippen LogP) is 5.10. The van der Waals surface area contributed by atoms with Crippen molar-refractivity contribution in [2.45, 2.75) is 58.0 Å². The zero-order valence-electron chi connectivity index (χ0n) is 17.4. The third-order valence-corrected chi connectivity index (χ3v) is 5.31. The van der Waals surface area contributed by atoms with Crippen molar-refractivity contribution in [2.24, 2.45) is 0 Å². The first-order valence-electron chi connectivity index (χ1n) is 10.3. The number of ether oxygens (including phenoxy) is 2. The number of amides is 1. The van der Waals surface area contributed by atoms with Crippen LogP contribution >= 0.6 is 0 Å². The highest BCUT2D eigenvalue weighted by Gasteiger charge is 2.42. The van der Waals surface area contributed by atoms with E-state index in [1.54, 1.807) is 25.1 Å². The maximum absolute atomic E-state index is 13.3. The van der Waals surface area contributed by atoms with Crippen LogP contribution in [0.15, 0.2) is 48.5 Å². The monoisotopic (exact) mass is 395 g/mol. The Labute approximate surface area is 172 Å². The molecule has 0 aromatic heterocycles. The van der Waals surface area contributed by atoms with Crippen molar-refractivity contribution in [2.75, 3.05) is 11.9 Å². The van der Waals surface area contributed by atoms with E-state index in [0.717, 1.165) is 31.2 Å². The molecule has 0 unspecified atom stereocenters. The van der Waals surface area contributed by atoms with Crippen LogP contribution in [0.5, 0.6) is 5.75 Å². The number of rotatable bonds is 7. The molecule has 0 atom stereocenters. The fraction of sp³-hybridized carbons (Fsp3) is 0.417. The number of nitrogens with one attached hydrogen (secondary N) is 1. The topological polar surface area (TPSA) is 64.6 Å². The molecule has 1 aliphatic carbocycles. The Hall–Kier alpha value is -2.82. The van der Waals surface area contributed by atoms with Gasteiger partial charge in [-0.15, -0.1) is 0 Å². The second-order valence-corrected chi connectivity index (χ2v) is 7.71. The Balaban J connectivity index is 1.89. The summed E-state index contributed by atoms with van der Waals surface area (Å²) in [5.74, 6) is -0.0403. The molecule has 0 spiro atoms. The van der Waals surface area contributed by atoms with Gasteiger partial charge in [0.2, 0.25) is 5.91 Å². The number of hydrogen-bond acceptors (Lipinski definition) is 4. The molecule has 2 aromatic rings. The van der Waals surface area contributed by atoms with Gasteiger partial charge in [-0.3, -0.25) is 4.79 Å². The lowest BCUT2D eigenvalue weighted by molar-refractivity contribution is -0.121. The van der Waals surface area contributed by atoms with Crippen LogP contribution in [0.25, 0.3) is 0 Å². The largest absolute Gasteiger partial charge is 0.490 e. The van der Waals surface area contributed by atoms with Gasteiger partial charge in [0.1, 0.15) is 11.3 Å². The molecular formula is C24H29NO4. The van der Waals surface area contributed by atoms with Gasteiger partial charge < -0.3 is 14.8 Å². The molecule has 2 aromatic carbocycles. The zero-order valence-corrected chi connectivity index (χ0v) is 17.4. The molecule has 0 radical (unpaired) electrons. The van der Waals surface area contributed by atoms with Crippen molar-refractivity contribution >= 4 is 17.6 Å². The van der Waals surface area contributed by atoms with Crippen LogP contribution in [0, 0.1) is 0 Å². The number of carbonyl (C=O) groups excluding carboxylic acids is 2. The molecule has 1 saturated carbocycles. The first-order chi connectivity index (χ1) is 14.0. The molecule has 0 bridgehead atoms. The first-order valence-corrected chi connectivity index (χ1v) is 10.3. The standard InChI is InChI=1S/C24H29NO4/c1-4-28-22(26)20-16-19(12-13-21(20)29-17(2)3)25-23(27)24(14-8-9-15-24)18-10-6-5-7-11-18/h5-7,10-13,16-17H,4,8-9,14-15H2,1-3H3,(H,25,27). The van der Waals surface area contributed by atoms with E-state index in [9.17, 15) is 9.59 Å². The Morgan fingerprint density at radius 2 is 1.76 bits per heavy atom. The van der Waals surface area contributed by atoms with Crippen LogP contribution in [0.2, 0.25) is 0 Å². The van der Waals surface area contributed by atoms with E-state index in [2.05, 4.69) is 5.32 Å². The van der Waals surface area contributed by atoms with E-state index in [4.69, 9.17) is 9.47 Å². The van der Waals surface area contributed by atoms with Gasteiger partial charge in [0.05, 0.1) is 18.1 Å². The highest BCUT2D eigenvalue weighted by atomic mass is 16.5. The van der Waals surface area contributed by atoms with Crippen molar-refractivity contribution in [3.05, 3.63) is 59.7 Å². The molecule has 29 heavy (non-hydrogen) atoms. The summed E-state index contributed by atoms with van der Waals surface area (Å²) in [7, 11) is 0. The molecule has 0 heterocycles. The highest BCUT2D eigenvalue weighted by Crippen LogP contribution is 2.42. The number of carbonyl (C=O) groups is 2. The quantitative estimate of drug-likeness (QED) is 0.663. The summed E-state index contributed by atoms with van der Waals surface area (Å²) in [5.41, 5.74) is 1.40. The summed E-state index contributed by atoms with van der Waals surface area (Å²) in [4.78, 5) is 25.8. The molecule has 5 heteroatoms. The number of benzene rings is 2. The first kappa shape index (κ1) is 20.9. The van der Waals surface area contributed by atoms with E-state index in [1.807, 2.05) is 44.2 Å². The minimum Gasteiger partial charge on any atom is -0.490 e. The molecule has 0 saturated heterocycles. The molecule has 1 N–H and O–H groups in total. The van der Waals surface area contributed by atoms with E-state index in [-0.39, 0.29) is 18.6 Å². The summed E-state index contributed by atoms with van der Waals surface area (Å²) in [6.07, 6.45) is 3.61. The minimum atomic E-state index is -0.529. The number of anilines is 1. The molecule has 5 nitrogen and oxygen atoms in total. The van der Waals surface area contributed by atoms with Gasteiger partial charge >= 0.3 is 5.97 Å². The van der Waals surface area contributed by atoms with Crippen LogP contribution in [0.3, 0.4) is 0 Å². The Morgan fingerprint density at radius 3 is 2.38 bits per heavy atom. The van der Waals surface area contributed by atoms with Gasteiger partial charge in [0.25, 0.3) is 0 Å². The predicted molar refractivity (Wildman–Crippen MR) is 113 cm³/mol. The maximum atomic E-state index is 13.3. The molecule has 3 rings (SSSR count). The summed E-state index contributed by atoms with van der Waals surface area (Å²) < 4.78 is 10.9. The summed E-state index contributed by atoms with van der Waals surface area (Å²) in [5, 5.41) is 3.04. The average molecular weight is 395 g/mol. The molecule has 154 valence electrons. The van der Waals surface area contributed by atoms with Gasteiger partial charge in [-0.05, 0) is 57.4 Å². The lowest BCUT2D eigenvalue weighted by Gasteiger charge is -2.28. The normalized spacial score (nSPS) is 15.2. The van der Waals surface area contributed by atoms with Crippen molar-refractivity contribution in [1.29, 1.82) is 0 Å². The number of hydrogen-bond donors (Lipinski definition) is 1. The summed E-state index contributed by atoms with van der Waals surface area (Å²) in [6, 6.07) is 15.1. The van der Waals surface area contributed by atoms with Crippen molar-refractivity contribution in [1.82, 2.24) is 0 Å². The lowest BCUT2D eigenvalue weighted by atomic mass is 9.78. The Kier molecular flexibility index (Phi) is 6.57.